The first-order valence-electron chi connectivity index (χ1n) is 8.62. The highest BCUT2D eigenvalue weighted by Crippen LogP contribution is 2.31. The van der Waals surface area contributed by atoms with E-state index in [2.05, 4.69) is 10.3 Å². The van der Waals surface area contributed by atoms with Gasteiger partial charge in [0.2, 0.25) is 0 Å². The van der Waals surface area contributed by atoms with Crippen molar-refractivity contribution in [3.8, 4) is 0 Å². The van der Waals surface area contributed by atoms with Crippen molar-refractivity contribution in [2.75, 3.05) is 0 Å². The van der Waals surface area contributed by atoms with Gasteiger partial charge < -0.3 is 14.3 Å². The molecule has 4 rings (SSSR count). The number of amides is 1. The minimum Gasteiger partial charge on any atom is -0.459 e. The third kappa shape index (κ3) is 2.75. The van der Waals surface area contributed by atoms with Crippen LogP contribution in [0, 0.1) is 13.8 Å². The lowest BCUT2D eigenvalue weighted by Gasteiger charge is -2.12. The van der Waals surface area contributed by atoms with Crippen LogP contribution in [0.15, 0.2) is 39.8 Å². The highest BCUT2D eigenvalue weighted by Gasteiger charge is 2.23. The number of hydrogen-bond acceptors (Lipinski definition) is 5. The predicted molar refractivity (Wildman–Crippen MR) is 106 cm³/mol. The van der Waals surface area contributed by atoms with Crippen LogP contribution in [0.1, 0.15) is 39.5 Å². The van der Waals surface area contributed by atoms with Gasteiger partial charge in [0.25, 0.3) is 11.5 Å². The Morgan fingerprint density at radius 3 is 2.74 bits per heavy atom. The van der Waals surface area contributed by atoms with E-state index in [1.165, 1.54) is 22.2 Å². The Morgan fingerprint density at radius 2 is 2.00 bits per heavy atom. The third-order valence-corrected chi connectivity index (χ3v) is 6.04. The molecule has 138 valence electrons. The molecule has 1 N–H and O–H groups in total. The van der Waals surface area contributed by atoms with E-state index >= 15 is 0 Å². The van der Waals surface area contributed by atoms with Crippen molar-refractivity contribution >= 4 is 38.4 Å². The number of aromatic nitrogens is 2. The van der Waals surface area contributed by atoms with E-state index in [1.54, 1.807) is 14.0 Å². The highest BCUT2D eigenvalue weighted by atomic mass is 32.1. The van der Waals surface area contributed by atoms with Crippen LogP contribution in [-0.2, 0) is 7.05 Å². The molecule has 0 radical (unpaired) electrons. The van der Waals surface area contributed by atoms with Crippen LogP contribution in [0.4, 0.5) is 0 Å². The summed E-state index contributed by atoms with van der Waals surface area (Å²) < 4.78 is 7.37. The fourth-order valence-electron chi connectivity index (χ4n) is 3.36. The van der Waals surface area contributed by atoms with E-state index < -0.39 is 0 Å². The summed E-state index contributed by atoms with van der Waals surface area (Å²) in [5, 5.41) is 4.53. The molecule has 0 saturated heterocycles. The topological polar surface area (TPSA) is 77.1 Å². The minimum atomic E-state index is -0.301. The number of thiophene rings is 1. The van der Waals surface area contributed by atoms with Gasteiger partial charge in [-0.05, 0) is 32.4 Å². The fourth-order valence-corrected chi connectivity index (χ4v) is 4.40. The summed E-state index contributed by atoms with van der Waals surface area (Å²) in [6, 6.07) is 7.50. The summed E-state index contributed by atoms with van der Waals surface area (Å²) in [4.78, 5) is 30.6. The van der Waals surface area contributed by atoms with E-state index in [0.717, 1.165) is 22.3 Å². The number of nitrogens with zero attached hydrogens (tertiary/aromatic N) is 2. The van der Waals surface area contributed by atoms with E-state index in [0.29, 0.717) is 20.7 Å². The SMILES string of the molecule is Cc1c([C@H](C)NC(=O)c2sc3ncn(C)c(=O)c3c2C)oc2ccccc12. The predicted octanol–water partition coefficient (Wildman–Crippen LogP) is 3.85. The van der Waals surface area contributed by atoms with Gasteiger partial charge in [0.15, 0.2) is 0 Å². The van der Waals surface area contributed by atoms with E-state index in [9.17, 15) is 9.59 Å². The van der Waals surface area contributed by atoms with Crippen molar-refractivity contribution < 1.29 is 9.21 Å². The Labute approximate surface area is 159 Å². The van der Waals surface area contributed by atoms with Gasteiger partial charge in [0.05, 0.1) is 22.6 Å². The van der Waals surface area contributed by atoms with Gasteiger partial charge in [-0.15, -0.1) is 11.3 Å². The van der Waals surface area contributed by atoms with Gasteiger partial charge in [-0.1, -0.05) is 18.2 Å². The summed E-state index contributed by atoms with van der Waals surface area (Å²) in [5.41, 5.74) is 2.34. The van der Waals surface area contributed by atoms with Crippen LogP contribution in [-0.4, -0.2) is 15.5 Å². The molecule has 0 fully saturated rings. The zero-order chi connectivity index (χ0) is 19.3. The van der Waals surface area contributed by atoms with Crippen LogP contribution in [0.5, 0.6) is 0 Å². The molecule has 0 spiro atoms. The van der Waals surface area contributed by atoms with Crippen molar-refractivity contribution in [1.29, 1.82) is 0 Å². The molecular weight excluding hydrogens is 362 g/mol. The van der Waals surface area contributed by atoms with Crippen molar-refractivity contribution in [1.82, 2.24) is 14.9 Å². The normalized spacial score (nSPS) is 12.6. The summed E-state index contributed by atoms with van der Waals surface area (Å²) in [6.45, 7) is 5.67. The molecule has 1 aromatic carbocycles. The van der Waals surface area contributed by atoms with Gasteiger partial charge in [-0.2, -0.15) is 0 Å². The second-order valence-electron chi connectivity index (χ2n) is 6.68. The Balaban J connectivity index is 1.68. The zero-order valence-electron chi connectivity index (χ0n) is 15.5. The molecule has 0 bridgehead atoms. The van der Waals surface area contributed by atoms with E-state index in [1.807, 2.05) is 38.1 Å². The number of carbonyl (C=O) groups is 1. The summed E-state index contributed by atoms with van der Waals surface area (Å²) in [6.07, 6.45) is 1.47. The summed E-state index contributed by atoms with van der Waals surface area (Å²) >= 11 is 1.23. The maximum absolute atomic E-state index is 12.9. The second-order valence-corrected chi connectivity index (χ2v) is 7.68. The molecule has 0 aliphatic heterocycles. The van der Waals surface area contributed by atoms with E-state index in [4.69, 9.17) is 4.42 Å². The summed E-state index contributed by atoms with van der Waals surface area (Å²) in [5.74, 6) is 0.502. The minimum absolute atomic E-state index is 0.144. The lowest BCUT2D eigenvalue weighted by atomic mass is 10.1. The molecular formula is C20H19N3O3S. The molecule has 7 heteroatoms. The Morgan fingerprint density at radius 1 is 1.26 bits per heavy atom. The zero-order valence-corrected chi connectivity index (χ0v) is 16.3. The first-order chi connectivity index (χ1) is 12.9. The van der Waals surface area contributed by atoms with Crippen LogP contribution in [0.25, 0.3) is 21.2 Å². The Bertz CT molecular complexity index is 1250. The maximum Gasteiger partial charge on any atom is 0.262 e. The van der Waals surface area contributed by atoms with Crippen LogP contribution < -0.4 is 10.9 Å². The van der Waals surface area contributed by atoms with Crippen LogP contribution >= 0.6 is 11.3 Å². The fraction of sp³-hybridized carbons (Fsp3) is 0.250. The number of para-hydroxylation sites is 1. The number of nitrogens with one attached hydrogen (secondary N) is 1. The molecule has 27 heavy (non-hydrogen) atoms. The van der Waals surface area contributed by atoms with Gasteiger partial charge in [-0.25, -0.2) is 4.98 Å². The molecule has 1 atom stereocenters. The number of carbonyl (C=O) groups excluding carboxylic acids is 1. The smallest absolute Gasteiger partial charge is 0.262 e. The maximum atomic E-state index is 12.9. The highest BCUT2D eigenvalue weighted by molar-refractivity contribution is 7.20. The molecule has 0 aliphatic carbocycles. The average Bonchev–Trinajstić information content (AvgIpc) is 3.17. The number of fused-ring (bicyclic) bond motifs is 2. The lowest BCUT2D eigenvalue weighted by molar-refractivity contribution is 0.0939. The van der Waals surface area contributed by atoms with Crippen molar-refractivity contribution in [2.45, 2.75) is 26.8 Å². The second kappa shape index (κ2) is 6.35. The Hall–Kier alpha value is -2.93. The standard InChI is InChI=1S/C20H19N3O3S/c1-10-13-7-5-6-8-14(13)26-16(10)12(3)22-18(24)17-11(2)15-19(27-17)21-9-23(4)20(15)25/h5-9,12H,1-4H3,(H,22,24)/t12-/m0/s1. The summed E-state index contributed by atoms with van der Waals surface area (Å²) in [7, 11) is 1.65. The molecule has 4 aromatic rings. The number of rotatable bonds is 3. The first kappa shape index (κ1) is 17.5. The van der Waals surface area contributed by atoms with Crippen LogP contribution in [0.2, 0.25) is 0 Å². The number of aryl methyl sites for hydroxylation is 3. The largest absolute Gasteiger partial charge is 0.459 e. The van der Waals surface area contributed by atoms with Gasteiger partial charge in [0.1, 0.15) is 16.2 Å². The van der Waals surface area contributed by atoms with Crippen LogP contribution in [0.3, 0.4) is 0 Å². The number of furan rings is 1. The van der Waals surface area contributed by atoms with Gasteiger partial charge in [0, 0.05) is 18.0 Å². The monoisotopic (exact) mass is 381 g/mol. The molecule has 1 amide bonds. The third-order valence-electron chi connectivity index (χ3n) is 4.84. The van der Waals surface area contributed by atoms with Crippen molar-refractivity contribution in [3.05, 3.63) is 62.7 Å². The first-order valence-corrected chi connectivity index (χ1v) is 9.43. The van der Waals surface area contributed by atoms with Gasteiger partial charge >= 0.3 is 0 Å². The van der Waals surface area contributed by atoms with Crippen molar-refractivity contribution in [3.63, 3.8) is 0 Å². The van der Waals surface area contributed by atoms with Gasteiger partial charge in [-0.3, -0.25) is 9.59 Å². The van der Waals surface area contributed by atoms with Crippen molar-refractivity contribution in [2.24, 2.45) is 7.05 Å². The van der Waals surface area contributed by atoms with E-state index in [-0.39, 0.29) is 17.5 Å². The Kier molecular flexibility index (Phi) is 4.11. The molecule has 0 aliphatic rings. The molecule has 6 nitrogen and oxygen atoms in total. The molecule has 0 saturated carbocycles. The quantitative estimate of drug-likeness (QED) is 0.585. The molecule has 3 aromatic heterocycles. The lowest BCUT2D eigenvalue weighted by Crippen LogP contribution is -2.26. The number of benzene rings is 1. The average molecular weight is 381 g/mol. The molecule has 3 heterocycles. The number of hydrogen-bond donors (Lipinski definition) is 1. The molecule has 0 unspecified atom stereocenters.